The van der Waals surface area contributed by atoms with Crippen molar-refractivity contribution in [3.63, 3.8) is 0 Å². The molecule has 1 aliphatic carbocycles. The van der Waals surface area contributed by atoms with Crippen molar-refractivity contribution in [1.82, 2.24) is 15.0 Å². The van der Waals surface area contributed by atoms with Gasteiger partial charge in [-0.3, -0.25) is 4.98 Å². The smallest absolute Gasteiger partial charge is 0.139 e. The van der Waals surface area contributed by atoms with Gasteiger partial charge in [0.05, 0.1) is 23.1 Å². The van der Waals surface area contributed by atoms with Crippen LogP contribution >= 0.6 is 15.9 Å². The van der Waals surface area contributed by atoms with Crippen LogP contribution in [-0.2, 0) is 4.79 Å². The number of carbonyl (C=O) groups is 1. The molecule has 0 radical (unpaired) electrons. The zero-order valence-corrected chi connectivity index (χ0v) is 14.6. The lowest BCUT2D eigenvalue weighted by Gasteiger charge is -2.08. The van der Waals surface area contributed by atoms with Crippen molar-refractivity contribution < 1.29 is 4.79 Å². The van der Waals surface area contributed by atoms with Crippen LogP contribution in [0.3, 0.4) is 0 Å². The lowest BCUT2D eigenvalue weighted by molar-refractivity contribution is -0.108. The number of hydrogen-bond acceptors (Lipinski definition) is 3. The normalized spacial score (nSPS) is 15.2. The second-order valence-electron chi connectivity index (χ2n) is 6.09. The second-order valence-corrected chi connectivity index (χ2v) is 7.01. The van der Waals surface area contributed by atoms with Gasteiger partial charge in [-0.2, -0.15) is 0 Å². The lowest BCUT2D eigenvalue weighted by atomic mass is 9.97. The summed E-state index contributed by atoms with van der Waals surface area (Å²) in [5.41, 5.74) is 7.00. The first-order valence-electron chi connectivity index (χ1n) is 7.94. The quantitative estimate of drug-likeness (QED) is 0.505. The first kappa shape index (κ1) is 14.5. The number of aromatic amines is 1. The van der Waals surface area contributed by atoms with E-state index in [4.69, 9.17) is 4.98 Å². The molecule has 0 saturated heterocycles. The average molecular weight is 390 g/mol. The number of aromatic nitrogens is 3. The predicted molar refractivity (Wildman–Crippen MR) is 100 cm³/mol. The Morgan fingerprint density at radius 1 is 1.08 bits per heavy atom. The van der Waals surface area contributed by atoms with Gasteiger partial charge in [0.2, 0.25) is 0 Å². The Bertz CT molecular complexity index is 1120. The molecule has 1 aliphatic rings. The van der Waals surface area contributed by atoms with Crippen LogP contribution in [0.2, 0.25) is 0 Å². The summed E-state index contributed by atoms with van der Waals surface area (Å²) < 4.78 is 0.974. The monoisotopic (exact) mass is 389 g/mol. The first-order chi connectivity index (χ1) is 12.3. The molecule has 120 valence electrons. The molecule has 2 aromatic carbocycles. The van der Waals surface area contributed by atoms with Gasteiger partial charge in [-0.25, -0.2) is 4.98 Å². The van der Waals surface area contributed by atoms with Gasteiger partial charge in [0.15, 0.2) is 0 Å². The maximum Gasteiger partial charge on any atom is 0.139 e. The number of nitrogens with one attached hydrogen (secondary N) is 1. The van der Waals surface area contributed by atoms with Crippen LogP contribution in [0, 0.1) is 0 Å². The van der Waals surface area contributed by atoms with Gasteiger partial charge in [-0.15, -0.1) is 0 Å². The SMILES string of the molecule is O=CC1c2cc(Br)ccc2-c2c(-c3nc4ccncc4[nH]3)cccc21. The topological polar surface area (TPSA) is 58.6 Å². The number of pyridine rings is 1. The molecule has 0 aliphatic heterocycles. The first-order valence-corrected chi connectivity index (χ1v) is 8.73. The van der Waals surface area contributed by atoms with E-state index in [2.05, 4.69) is 32.0 Å². The predicted octanol–water partition coefficient (Wildman–Crippen LogP) is 4.70. The number of carbonyl (C=O) groups excluding carboxylic acids is 1. The van der Waals surface area contributed by atoms with Crippen molar-refractivity contribution in [2.45, 2.75) is 5.92 Å². The van der Waals surface area contributed by atoms with Crippen LogP contribution in [0.4, 0.5) is 0 Å². The summed E-state index contributed by atoms with van der Waals surface area (Å²) in [5.74, 6) is 0.550. The molecule has 1 atom stereocenters. The number of nitrogens with zero attached hydrogens (tertiary/aromatic N) is 2. The molecule has 0 bridgehead atoms. The van der Waals surface area contributed by atoms with Gasteiger partial charge in [0.25, 0.3) is 0 Å². The number of hydrogen-bond donors (Lipinski definition) is 1. The Morgan fingerprint density at radius 3 is 2.84 bits per heavy atom. The summed E-state index contributed by atoms with van der Waals surface area (Å²) in [6.07, 6.45) is 4.52. The summed E-state index contributed by atoms with van der Waals surface area (Å²) in [7, 11) is 0. The fraction of sp³-hybridized carbons (Fsp3) is 0.0500. The molecule has 25 heavy (non-hydrogen) atoms. The van der Waals surface area contributed by atoms with Crippen LogP contribution < -0.4 is 0 Å². The minimum atomic E-state index is -0.242. The lowest BCUT2D eigenvalue weighted by Crippen LogP contribution is -1.97. The van der Waals surface area contributed by atoms with Gasteiger partial charge in [0.1, 0.15) is 12.1 Å². The molecule has 1 N–H and O–H groups in total. The number of fused-ring (bicyclic) bond motifs is 4. The Kier molecular flexibility index (Phi) is 3.12. The Labute approximate surface area is 152 Å². The summed E-state index contributed by atoms with van der Waals surface area (Å²) in [6, 6.07) is 14.0. The molecule has 2 aromatic heterocycles. The molecule has 4 nitrogen and oxygen atoms in total. The Balaban J connectivity index is 1.81. The third kappa shape index (κ3) is 2.09. The van der Waals surface area contributed by atoms with Crippen molar-refractivity contribution in [2.24, 2.45) is 0 Å². The maximum absolute atomic E-state index is 11.8. The number of rotatable bonds is 2. The summed E-state index contributed by atoms with van der Waals surface area (Å²) in [4.78, 5) is 24.0. The van der Waals surface area contributed by atoms with E-state index in [1.165, 1.54) is 0 Å². The average Bonchev–Trinajstić information content (AvgIpc) is 3.19. The molecule has 5 rings (SSSR count). The molecule has 4 aromatic rings. The van der Waals surface area contributed by atoms with E-state index in [1.54, 1.807) is 12.4 Å². The van der Waals surface area contributed by atoms with E-state index in [-0.39, 0.29) is 5.92 Å². The minimum absolute atomic E-state index is 0.242. The van der Waals surface area contributed by atoms with Crippen LogP contribution in [0.25, 0.3) is 33.5 Å². The number of benzene rings is 2. The summed E-state index contributed by atoms with van der Waals surface area (Å²) in [6.45, 7) is 0. The highest BCUT2D eigenvalue weighted by molar-refractivity contribution is 9.10. The van der Waals surface area contributed by atoms with E-state index in [1.807, 2.05) is 36.4 Å². The molecule has 0 amide bonds. The maximum atomic E-state index is 11.8. The number of aldehydes is 1. The van der Waals surface area contributed by atoms with Gasteiger partial charge in [-0.1, -0.05) is 40.2 Å². The van der Waals surface area contributed by atoms with Gasteiger partial charge < -0.3 is 9.78 Å². The molecule has 2 heterocycles. The van der Waals surface area contributed by atoms with E-state index in [9.17, 15) is 4.79 Å². The van der Waals surface area contributed by atoms with Crippen molar-refractivity contribution in [2.75, 3.05) is 0 Å². The molecule has 5 heteroatoms. The standard InChI is InChI=1S/C20H12BrN3O/c21-11-4-5-13-15(8-11)16(10-25)12-2-1-3-14(19(12)13)20-23-17-6-7-22-9-18(17)24-20/h1-10,16H,(H,23,24). The van der Waals surface area contributed by atoms with Gasteiger partial charge >= 0.3 is 0 Å². The van der Waals surface area contributed by atoms with E-state index in [0.29, 0.717) is 0 Å². The highest BCUT2D eigenvalue weighted by Crippen LogP contribution is 2.48. The number of H-pyrrole nitrogens is 1. The fourth-order valence-corrected chi connectivity index (χ4v) is 4.02. The largest absolute Gasteiger partial charge is 0.337 e. The molecule has 0 fully saturated rings. The highest BCUT2D eigenvalue weighted by Gasteiger charge is 2.31. The van der Waals surface area contributed by atoms with Crippen LogP contribution in [0.1, 0.15) is 17.0 Å². The second kappa shape index (κ2) is 5.36. The van der Waals surface area contributed by atoms with Crippen LogP contribution in [-0.4, -0.2) is 21.2 Å². The van der Waals surface area contributed by atoms with Crippen molar-refractivity contribution in [1.29, 1.82) is 0 Å². The molecular weight excluding hydrogens is 378 g/mol. The van der Waals surface area contributed by atoms with E-state index >= 15 is 0 Å². The summed E-state index contributed by atoms with van der Waals surface area (Å²) in [5, 5.41) is 0. The minimum Gasteiger partial charge on any atom is -0.337 e. The van der Waals surface area contributed by atoms with Crippen LogP contribution in [0.5, 0.6) is 0 Å². The molecule has 1 unspecified atom stereocenters. The zero-order valence-electron chi connectivity index (χ0n) is 13.0. The van der Waals surface area contributed by atoms with Gasteiger partial charge in [0, 0.05) is 16.2 Å². The Hall–Kier alpha value is -2.79. The van der Waals surface area contributed by atoms with Gasteiger partial charge in [-0.05, 0) is 40.5 Å². The van der Waals surface area contributed by atoms with E-state index < -0.39 is 0 Å². The number of halogens is 1. The molecule has 0 saturated carbocycles. The highest BCUT2D eigenvalue weighted by atomic mass is 79.9. The third-order valence-electron chi connectivity index (χ3n) is 4.72. The van der Waals surface area contributed by atoms with Crippen LogP contribution in [0.15, 0.2) is 59.3 Å². The van der Waals surface area contributed by atoms with Crippen molar-refractivity contribution in [3.05, 3.63) is 70.5 Å². The summed E-state index contributed by atoms with van der Waals surface area (Å²) >= 11 is 3.51. The molecule has 0 spiro atoms. The molecular formula is C20H12BrN3O. The van der Waals surface area contributed by atoms with Crippen molar-refractivity contribution in [3.8, 4) is 22.5 Å². The Morgan fingerprint density at radius 2 is 2.00 bits per heavy atom. The van der Waals surface area contributed by atoms with Crippen molar-refractivity contribution >= 4 is 33.2 Å². The fourth-order valence-electron chi connectivity index (χ4n) is 3.64. The van der Waals surface area contributed by atoms with E-state index in [0.717, 1.165) is 55.4 Å². The zero-order chi connectivity index (χ0) is 17.0. The number of imidazole rings is 1. The third-order valence-corrected chi connectivity index (χ3v) is 5.22.